The molecule has 0 saturated carbocycles. The highest BCUT2D eigenvalue weighted by atomic mass is 16.3. The lowest BCUT2D eigenvalue weighted by Gasteiger charge is -2.36. The van der Waals surface area contributed by atoms with Crippen molar-refractivity contribution in [3.05, 3.63) is 35.4 Å². The van der Waals surface area contributed by atoms with Crippen LogP contribution in [-0.2, 0) is 16.0 Å². The van der Waals surface area contributed by atoms with E-state index in [1.54, 1.807) is 4.90 Å². The van der Waals surface area contributed by atoms with Gasteiger partial charge in [-0.15, -0.1) is 0 Å². The van der Waals surface area contributed by atoms with Gasteiger partial charge in [-0.3, -0.25) is 14.5 Å². The predicted molar refractivity (Wildman–Crippen MR) is 88.0 cm³/mol. The molecule has 0 aromatic heterocycles. The minimum absolute atomic E-state index is 0.0404. The maximum atomic E-state index is 12.7. The van der Waals surface area contributed by atoms with Gasteiger partial charge in [0.25, 0.3) is 0 Å². The molecule has 0 bridgehead atoms. The van der Waals surface area contributed by atoms with Crippen LogP contribution in [-0.4, -0.2) is 72.6 Å². The molecule has 6 heteroatoms. The summed E-state index contributed by atoms with van der Waals surface area (Å²) in [7, 11) is 0. The van der Waals surface area contributed by atoms with E-state index in [2.05, 4.69) is 10.2 Å². The molecule has 0 aliphatic carbocycles. The number of benzene rings is 1. The van der Waals surface area contributed by atoms with Crippen LogP contribution in [0.5, 0.6) is 0 Å². The van der Waals surface area contributed by atoms with Gasteiger partial charge in [-0.05, 0) is 12.5 Å². The first-order valence-corrected chi connectivity index (χ1v) is 8.01. The van der Waals surface area contributed by atoms with E-state index in [0.717, 1.165) is 18.7 Å². The lowest BCUT2D eigenvalue weighted by molar-refractivity contribution is -0.136. The van der Waals surface area contributed by atoms with Gasteiger partial charge in [-0.25, -0.2) is 0 Å². The van der Waals surface area contributed by atoms with Crippen LogP contribution in [0.3, 0.4) is 0 Å². The molecule has 1 aromatic rings. The predicted octanol–water partition coefficient (Wildman–Crippen LogP) is -0.211. The first-order chi connectivity index (χ1) is 11.1. The minimum Gasteiger partial charge on any atom is -0.395 e. The van der Waals surface area contributed by atoms with E-state index in [4.69, 9.17) is 5.11 Å². The standard InChI is InChI=1S/C17H25N3O3/c1-14-2-4-15(5-3-14)12-16(18-13-22)17(23)20-8-6-19(7-9-20)10-11-21/h2-5,13,16,21H,6-12H2,1H3,(H,18,22). The van der Waals surface area contributed by atoms with E-state index in [0.29, 0.717) is 32.5 Å². The molecule has 1 heterocycles. The van der Waals surface area contributed by atoms with E-state index in [9.17, 15) is 9.59 Å². The average molecular weight is 319 g/mol. The molecule has 1 aliphatic rings. The van der Waals surface area contributed by atoms with Gasteiger partial charge < -0.3 is 15.3 Å². The number of aliphatic hydroxyl groups excluding tert-OH is 1. The van der Waals surface area contributed by atoms with Gasteiger partial charge in [0.05, 0.1) is 6.61 Å². The van der Waals surface area contributed by atoms with Crippen LogP contribution < -0.4 is 5.32 Å². The number of aliphatic hydroxyl groups is 1. The molecule has 1 saturated heterocycles. The highest BCUT2D eigenvalue weighted by Crippen LogP contribution is 2.10. The molecular weight excluding hydrogens is 294 g/mol. The molecule has 1 fully saturated rings. The van der Waals surface area contributed by atoms with Crippen LogP contribution in [0.25, 0.3) is 0 Å². The second kappa shape index (κ2) is 8.64. The molecule has 6 nitrogen and oxygen atoms in total. The van der Waals surface area contributed by atoms with Gasteiger partial charge in [-0.2, -0.15) is 0 Å². The molecule has 23 heavy (non-hydrogen) atoms. The third-order valence-corrected chi connectivity index (χ3v) is 4.23. The van der Waals surface area contributed by atoms with Gasteiger partial charge >= 0.3 is 0 Å². The maximum Gasteiger partial charge on any atom is 0.245 e. The third kappa shape index (κ3) is 5.04. The lowest BCUT2D eigenvalue weighted by Crippen LogP contribution is -2.54. The number of carbonyl (C=O) groups excluding carboxylic acids is 2. The topological polar surface area (TPSA) is 72.9 Å². The molecule has 0 radical (unpaired) electrons. The minimum atomic E-state index is -0.528. The summed E-state index contributed by atoms with van der Waals surface area (Å²) >= 11 is 0. The normalized spacial score (nSPS) is 16.9. The van der Waals surface area contributed by atoms with Crippen LogP contribution in [0.15, 0.2) is 24.3 Å². The van der Waals surface area contributed by atoms with Gasteiger partial charge in [0, 0.05) is 39.1 Å². The van der Waals surface area contributed by atoms with Crippen molar-refractivity contribution in [3.8, 4) is 0 Å². The summed E-state index contributed by atoms with van der Waals surface area (Å²) in [5.41, 5.74) is 2.20. The first-order valence-electron chi connectivity index (χ1n) is 8.01. The van der Waals surface area contributed by atoms with Crippen molar-refractivity contribution < 1.29 is 14.7 Å². The number of carbonyl (C=O) groups is 2. The zero-order valence-electron chi connectivity index (χ0n) is 13.6. The van der Waals surface area contributed by atoms with Crippen molar-refractivity contribution in [2.45, 2.75) is 19.4 Å². The van der Waals surface area contributed by atoms with Crippen LogP contribution in [0.1, 0.15) is 11.1 Å². The molecule has 2 N–H and O–H groups in total. The van der Waals surface area contributed by atoms with Crippen molar-refractivity contribution in [1.29, 1.82) is 0 Å². The molecule has 126 valence electrons. The molecule has 1 atom stereocenters. The first kappa shape index (κ1) is 17.4. The number of hydrogen-bond donors (Lipinski definition) is 2. The Hall–Kier alpha value is -1.92. The Balaban J connectivity index is 1.95. The average Bonchev–Trinajstić information content (AvgIpc) is 2.57. The second-order valence-electron chi connectivity index (χ2n) is 5.92. The SMILES string of the molecule is Cc1ccc(CC(NC=O)C(=O)N2CCN(CCO)CC2)cc1. The molecular formula is C17H25N3O3. The number of hydrogen-bond acceptors (Lipinski definition) is 4. The van der Waals surface area contributed by atoms with Gasteiger partial charge in [-0.1, -0.05) is 29.8 Å². The zero-order chi connectivity index (χ0) is 16.7. The Morgan fingerprint density at radius 1 is 1.26 bits per heavy atom. The number of aryl methyl sites for hydroxylation is 1. The van der Waals surface area contributed by atoms with Crippen molar-refractivity contribution >= 4 is 12.3 Å². The number of amides is 2. The second-order valence-corrected chi connectivity index (χ2v) is 5.92. The third-order valence-electron chi connectivity index (χ3n) is 4.23. The largest absolute Gasteiger partial charge is 0.395 e. The van der Waals surface area contributed by atoms with E-state index in [-0.39, 0.29) is 12.5 Å². The Labute approximate surface area is 137 Å². The molecule has 0 spiro atoms. The summed E-state index contributed by atoms with van der Waals surface area (Å²) in [6, 6.07) is 7.46. The fraction of sp³-hybridized carbons (Fsp3) is 0.529. The van der Waals surface area contributed by atoms with Crippen LogP contribution >= 0.6 is 0 Å². The summed E-state index contributed by atoms with van der Waals surface area (Å²) in [6.07, 6.45) is 1.09. The van der Waals surface area contributed by atoms with Crippen molar-refractivity contribution in [1.82, 2.24) is 15.1 Å². The molecule has 1 aliphatic heterocycles. The van der Waals surface area contributed by atoms with Gasteiger partial charge in [0.15, 0.2) is 0 Å². The maximum absolute atomic E-state index is 12.7. The summed E-state index contributed by atoms with van der Waals surface area (Å²) in [5.74, 6) is -0.0404. The summed E-state index contributed by atoms with van der Waals surface area (Å²) in [5, 5.41) is 11.6. The number of piperazine rings is 1. The van der Waals surface area contributed by atoms with Crippen molar-refractivity contribution in [2.24, 2.45) is 0 Å². The highest BCUT2D eigenvalue weighted by molar-refractivity contribution is 5.84. The van der Waals surface area contributed by atoms with Crippen LogP contribution in [0, 0.1) is 6.92 Å². The van der Waals surface area contributed by atoms with Crippen molar-refractivity contribution in [2.75, 3.05) is 39.3 Å². The zero-order valence-corrected chi connectivity index (χ0v) is 13.6. The molecule has 2 amide bonds. The lowest BCUT2D eigenvalue weighted by atomic mass is 10.0. The summed E-state index contributed by atoms with van der Waals surface area (Å²) in [6.45, 7) is 5.56. The van der Waals surface area contributed by atoms with Crippen molar-refractivity contribution in [3.63, 3.8) is 0 Å². The van der Waals surface area contributed by atoms with E-state index >= 15 is 0 Å². The smallest absolute Gasteiger partial charge is 0.245 e. The van der Waals surface area contributed by atoms with Gasteiger partial charge in [0.2, 0.25) is 12.3 Å². The monoisotopic (exact) mass is 319 g/mol. The highest BCUT2D eigenvalue weighted by Gasteiger charge is 2.27. The van der Waals surface area contributed by atoms with E-state index < -0.39 is 6.04 Å². The molecule has 1 unspecified atom stereocenters. The number of nitrogens with zero attached hydrogens (tertiary/aromatic N) is 2. The molecule has 1 aromatic carbocycles. The number of β-amino-alcohol motifs (C(OH)–C–C–N with tert-alkyl or cyclic N) is 1. The van der Waals surface area contributed by atoms with E-state index in [1.807, 2.05) is 31.2 Å². The Morgan fingerprint density at radius 3 is 2.48 bits per heavy atom. The van der Waals surface area contributed by atoms with E-state index in [1.165, 1.54) is 5.56 Å². The Morgan fingerprint density at radius 2 is 1.91 bits per heavy atom. The molecule has 2 rings (SSSR count). The van der Waals surface area contributed by atoms with Crippen LogP contribution in [0.4, 0.5) is 0 Å². The summed E-state index contributed by atoms with van der Waals surface area (Å²) < 4.78 is 0. The Kier molecular flexibility index (Phi) is 6.55. The number of rotatable bonds is 7. The summed E-state index contributed by atoms with van der Waals surface area (Å²) in [4.78, 5) is 27.5. The van der Waals surface area contributed by atoms with Crippen LogP contribution in [0.2, 0.25) is 0 Å². The number of nitrogens with one attached hydrogen (secondary N) is 1. The van der Waals surface area contributed by atoms with Gasteiger partial charge in [0.1, 0.15) is 6.04 Å². The Bertz CT molecular complexity index is 510. The quantitative estimate of drug-likeness (QED) is 0.682. The fourth-order valence-electron chi connectivity index (χ4n) is 2.81. The fourth-order valence-corrected chi connectivity index (χ4v) is 2.81.